The summed E-state index contributed by atoms with van der Waals surface area (Å²) in [4.78, 5) is 11.0. The van der Waals surface area contributed by atoms with E-state index < -0.39 is 22.0 Å². The van der Waals surface area contributed by atoms with Gasteiger partial charge >= 0.3 is 5.97 Å². The number of carbonyl (C=O) groups is 1. The molecule has 0 saturated heterocycles. The molecule has 130 valence electrons. The van der Waals surface area contributed by atoms with Gasteiger partial charge in [0.15, 0.2) is 0 Å². The van der Waals surface area contributed by atoms with E-state index in [2.05, 4.69) is 9.82 Å². The van der Waals surface area contributed by atoms with Crippen LogP contribution in [0.2, 0.25) is 0 Å². The van der Waals surface area contributed by atoms with Crippen LogP contribution in [0.25, 0.3) is 5.69 Å². The van der Waals surface area contributed by atoms with Gasteiger partial charge in [0, 0.05) is 0 Å². The van der Waals surface area contributed by atoms with Crippen LogP contribution in [0, 0.1) is 0 Å². The number of carboxylic acids is 1. The number of hydrogen-bond donors (Lipinski definition) is 2. The van der Waals surface area contributed by atoms with Crippen molar-refractivity contribution in [2.45, 2.75) is 30.7 Å². The molecular formula is C15H19N3O5S. The maximum absolute atomic E-state index is 12.4. The monoisotopic (exact) mass is 353 g/mol. The van der Waals surface area contributed by atoms with Crippen molar-refractivity contribution in [3.05, 3.63) is 36.7 Å². The van der Waals surface area contributed by atoms with Gasteiger partial charge in [0.2, 0.25) is 10.0 Å². The van der Waals surface area contributed by atoms with Crippen LogP contribution >= 0.6 is 0 Å². The Bertz CT molecular complexity index is 816. The summed E-state index contributed by atoms with van der Waals surface area (Å²) in [6.07, 6.45) is 3.22. The number of rotatable bonds is 8. The summed E-state index contributed by atoms with van der Waals surface area (Å²) in [6, 6.07) is 5.84. The van der Waals surface area contributed by atoms with Gasteiger partial charge in [-0.15, -0.1) is 0 Å². The van der Waals surface area contributed by atoms with E-state index in [4.69, 9.17) is 9.84 Å². The molecule has 1 heterocycles. The van der Waals surface area contributed by atoms with E-state index >= 15 is 0 Å². The fourth-order valence-electron chi connectivity index (χ4n) is 2.17. The zero-order chi connectivity index (χ0) is 17.7. The Hall–Kier alpha value is -2.39. The smallest absolute Gasteiger partial charge is 0.321 e. The average molecular weight is 353 g/mol. The van der Waals surface area contributed by atoms with Crippen LogP contribution in [-0.4, -0.2) is 42.4 Å². The molecule has 2 aromatic rings. The molecule has 0 spiro atoms. The Morgan fingerprint density at radius 1 is 1.42 bits per heavy atom. The summed E-state index contributed by atoms with van der Waals surface area (Å²) >= 11 is 0. The van der Waals surface area contributed by atoms with Gasteiger partial charge in [-0.3, -0.25) is 4.79 Å². The standard InChI is InChI=1S/C15H19N3O5S/c1-3-6-12(15(19)20)17-24(21,22)11-9-16-18(10-11)13-7-4-5-8-14(13)23-2/h4-5,7-10,12,17H,3,6H2,1-2H3,(H,19,20). The van der Waals surface area contributed by atoms with Crippen LogP contribution in [0.4, 0.5) is 0 Å². The molecular weight excluding hydrogens is 334 g/mol. The lowest BCUT2D eigenvalue weighted by atomic mass is 10.2. The Kier molecular flexibility index (Phi) is 5.58. The van der Waals surface area contributed by atoms with E-state index in [0.717, 1.165) is 0 Å². The first-order chi connectivity index (χ1) is 11.4. The van der Waals surface area contributed by atoms with E-state index in [9.17, 15) is 13.2 Å². The number of aliphatic carboxylic acids is 1. The maximum Gasteiger partial charge on any atom is 0.321 e. The number of hydrogen-bond acceptors (Lipinski definition) is 5. The lowest BCUT2D eigenvalue weighted by molar-refractivity contribution is -0.139. The lowest BCUT2D eigenvalue weighted by Gasteiger charge is -2.12. The number of ether oxygens (including phenoxy) is 1. The van der Waals surface area contributed by atoms with Gasteiger partial charge in [-0.25, -0.2) is 13.1 Å². The number of para-hydroxylation sites is 2. The molecule has 0 radical (unpaired) electrons. The van der Waals surface area contributed by atoms with Crippen molar-refractivity contribution in [3.63, 3.8) is 0 Å². The molecule has 1 atom stereocenters. The molecule has 9 heteroatoms. The van der Waals surface area contributed by atoms with Gasteiger partial charge in [-0.05, 0) is 18.6 Å². The average Bonchev–Trinajstić information content (AvgIpc) is 3.05. The van der Waals surface area contributed by atoms with E-state index in [-0.39, 0.29) is 11.3 Å². The molecule has 1 aromatic heterocycles. The molecule has 0 bridgehead atoms. The third-order valence-electron chi connectivity index (χ3n) is 3.37. The minimum absolute atomic E-state index is 0.115. The fourth-order valence-corrected chi connectivity index (χ4v) is 3.33. The van der Waals surface area contributed by atoms with E-state index in [1.807, 2.05) is 0 Å². The SMILES string of the molecule is CCCC(NS(=O)(=O)c1cnn(-c2ccccc2OC)c1)C(=O)O. The molecule has 24 heavy (non-hydrogen) atoms. The normalized spacial score (nSPS) is 12.8. The molecule has 0 aliphatic rings. The molecule has 2 rings (SSSR count). The van der Waals surface area contributed by atoms with Crippen LogP contribution in [-0.2, 0) is 14.8 Å². The van der Waals surface area contributed by atoms with Crippen molar-refractivity contribution in [2.24, 2.45) is 0 Å². The molecule has 1 aromatic carbocycles. The van der Waals surface area contributed by atoms with Gasteiger partial charge in [-0.2, -0.15) is 9.82 Å². The second-order valence-electron chi connectivity index (χ2n) is 5.09. The van der Waals surface area contributed by atoms with Crippen molar-refractivity contribution in [1.82, 2.24) is 14.5 Å². The van der Waals surface area contributed by atoms with Gasteiger partial charge in [0.1, 0.15) is 22.4 Å². The molecule has 0 aliphatic heterocycles. The first-order valence-electron chi connectivity index (χ1n) is 7.32. The lowest BCUT2D eigenvalue weighted by Crippen LogP contribution is -2.40. The maximum atomic E-state index is 12.4. The molecule has 1 unspecified atom stereocenters. The van der Waals surface area contributed by atoms with Crippen LogP contribution in [0.1, 0.15) is 19.8 Å². The number of benzene rings is 1. The predicted octanol–water partition coefficient (Wildman–Crippen LogP) is 1.41. The van der Waals surface area contributed by atoms with Crippen LogP contribution in [0.15, 0.2) is 41.6 Å². The molecule has 0 amide bonds. The summed E-state index contributed by atoms with van der Waals surface area (Å²) in [5.41, 5.74) is 0.574. The number of nitrogens with zero attached hydrogens (tertiary/aromatic N) is 2. The van der Waals surface area contributed by atoms with E-state index in [1.54, 1.807) is 31.2 Å². The first-order valence-corrected chi connectivity index (χ1v) is 8.80. The second kappa shape index (κ2) is 7.45. The number of methoxy groups -OCH3 is 1. The Morgan fingerprint density at radius 3 is 2.75 bits per heavy atom. The van der Waals surface area contributed by atoms with Crippen molar-refractivity contribution >= 4 is 16.0 Å². The fraction of sp³-hybridized carbons (Fsp3) is 0.333. The van der Waals surface area contributed by atoms with Gasteiger partial charge < -0.3 is 9.84 Å². The van der Waals surface area contributed by atoms with E-state index in [1.165, 1.54) is 24.2 Å². The zero-order valence-corrected chi connectivity index (χ0v) is 14.2. The first kappa shape index (κ1) is 18.0. The highest BCUT2D eigenvalue weighted by molar-refractivity contribution is 7.89. The summed E-state index contributed by atoms with van der Waals surface area (Å²) in [7, 11) is -2.48. The van der Waals surface area contributed by atoms with Crippen molar-refractivity contribution < 1.29 is 23.1 Å². The van der Waals surface area contributed by atoms with Crippen LogP contribution in [0.3, 0.4) is 0 Å². The Morgan fingerprint density at radius 2 is 2.12 bits per heavy atom. The third kappa shape index (κ3) is 3.92. The Balaban J connectivity index is 2.30. The third-order valence-corrected chi connectivity index (χ3v) is 4.80. The highest BCUT2D eigenvalue weighted by atomic mass is 32.2. The number of nitrogens with one attached hydrogen (secondary N) is 1. The minimum Gasteiger partial charge on any atom is -0.494 e. The summed E-state index contributed by atoms with van der Waals surface area (Å²) < 4.78 is 33.5. The zero-order valence-electron chi connectivity index (χ0n) is 13.3. The number of aromatic nitrogens is 2. The highest BCUT2D eigenvalue weighted by Gasteiger charge is 2.26. The summed E-state index contributed by atoms with van der Waals surface area (Å²) in [5, 5.41) is 13.1. The predicted molar refractivity (Wildman–Crippen MR) is 86.8 cm³/mol. The van der Waals surface area contributed by atoms with Gasteiger partial charge in [0.25, 0.3) is 0 Å². The van der Waals surface area contributed by atoms with Gasteiger partial charge in [-0.1, -0.05) is 25.5 Å². The minimum atomic E-state index is -3.99. The van der Waals surface area contributed by atoms with Gasteiger partial charge in [0.05, 0.1) is 19.5 Å². The van der Waals surface area contributed by atoms with Crippen molar-refractivity contribution in [1.29, 1.82) is 0 Å². The molecule has 0 saturated carbocycles. The van der Waals surface area contributed by atoms with Crippen molar-refractivity contribution in [2.75, 3.05) is 7.11 Å². The van der Waals surface area contributed by atoms with E-state index in [0.29, 0.717) is 17.9 Å². The molecule has 0 fully saturated rings. The second-order valence-corrected chi connectivity index (χ2v) is 6.81. The Labute approximate surface area is 140 Å². The van der Waals surface area contributed by atoms with Crippen LogP contribution in [0.5, 0.6) is 5.75 Å². The highest BCUT2D eigenvalue weighted by Crippen LogP contribution is 2.22. The quantitative estimate of drug-likeness (QED) is 0.742. The topological polar surface area (TPSA) is 111 Å². The molecule has 2 N–H and O–H groups in total. The number of sulfonamides is 1. The molecule has 8 nitrogen and oxygen atoms in total. The largest absolute Gasteiger partial charge is 0.494 e. The van der Waals surface area contributed by atoms with Crippen molar-refractivity contribution in [3.8, 4) is 11.4 Å². The van der Waals surface area contributed by atoms with Crippen LogP contribution < -0.4 is 9.46 Å². The molecule has 0 aliphatic carbocycles. The number of carboxylic acid groups (broad SMARTS) is 1. The summed E-state index contributed by atoms with van der Waals surface area (Å²) in [5.74, 6) is -0.676. The summed E-state index contributed by atoms with van der Waals surface area (Å²) in [6.45, 7) is 1.78.